The Labute approximate surface area is 164 Å². The quantitative estimate of drug-likeness (QED) is 0.419. The molecule has 0 saturated carbocycles. The molecular formula is C19H24N2O6S. The molecule has 1 saturated heterocycles. The van der Waals surface area contributed by atoms with Crippen LogP contribution >= 0.6 is 0 Å². The maximum absolute atomic E-state index is 12.6. The van der Waals surface area contributed by atoms with Crippen molar-refractivity contribution in [3.63, 3.8) is 0 Å². The van der Waals surface area contributed by atoms with Crippen LogP contribution in [0.25, 0.3) is 0 Å². The Morgan fingerprint density at radius 3 is 2.43 bits per heavy atom. The van der Waals surface area contributed by atoms with E-state index in [1.807, 2.05) is 6.92 Å². The van der Waals surface area contributed by atoms with Gasteiger partial charge in [-0.25, -0.2) is 13.2 Å². The summed E-state index contributed by atoms with van der Waals surface area (Å²) in [6.07, 6.45) is 5.15. The lowest BCUT2D eigenvalue weighted by Crippen LogP contribution is -2.40. The fourth-order valence-electron chi connectivity index (χ4n) is 2.40. The molecule has 1 atom stereocenters. The molecule has 2 rings (SSSR count). The van der Waals surface area contributed by atoms with Crippen LogP contribution in [0.15, 0.2) is 53.5 Å². The van der Waals surface area contributed by atoms with E-state index in [1.54, 1.807) is 12.2 Å². The van der Waals surface area contributed by atoms with Gasteiger partial charge in [0.05, 0.1) is 18.1 Å². The van der Waals surface area contributed by atoms with Crippen LogP contribution in [0.1, 0.15) is 13.8 Å². The van der Waals surface area contributed by atoms with E-state index in [4.69, 9.17) is 9.47 Å². The summed E-state index contributed by atoms with van der Waals surface area (Å²) in [5.74, 6) is -1.15. The van der Waals surface area contributed by atoms with E-state index in [0.717, 1.165) is 0 Å². The average Bonchev–Trinajstić information content (AvgIpc) is 2.69. The highest BCUT2D eigenvalue weighted by molar-refractivity contribution is 7.89. The predicted molar refractivity (Wildman–Crippen MR) is 104 cm³/mol. The van der Waals surface area contributed by atoms with Crippen LogP contribution in [0, 0.1) is 0 Å². The normalized spacial score (nSPS) is 16.9. The fourth-order valence-corrected chi connectivity index (χ4v) is 3.81. The zero-order valence-corrected chi connectivity index (χ0v) is 16.6. The number of carbonyl (C=O) groups is 2. The molecule has 9 heteroatoms. The Bertz CT molecular complexity index is 840. The second-order valence-electron chi connectivity index (χ2n) is 5.99. The number of anilines is 1. The molecule has 0 spiro atoms. The van der Waals surface area contributed by atoms with Crippen molar-refractivity contribution in [2.24, 2.45) is 0 Å². The second kappa shape index (κ2) is 10.2. The topological polar surface area (TPSA) is 102 Å². The number of morpholine rings is 1. The molecule has 1 aliphatic rings. The fraction of sp³-hybridized carbons (Fsp3) is 0.368. The minimum Gasteiger partial charge on any atom is -0.449 e. The van der Waals surface area contributed by atoms with E-state index in [1.165, 1.54) is 47.6 Å². The SMILES string of the molecule is C/C=C/C=C/C(=O)O[C@H](C)C(=O)Nc1ccc(S(=O)(=O)N2CCOCC2)cc1. The molecule has 0 radical (unpaired) electrons. The number of amides is 1. The van der Waals surface area contributed by atoms with Gasteiger partial charge in [-0.3, -0.25) is 4.79 Å². The Morgan fingerprint density at radius 1 is 1.18 bits per heavy atom. The summed E-state index contributed by atoms with van der Waals surface area (Å²) >= 11 is 0. The van der Waals surface area contributed by atoms with Gasteiger partial charge in [0, 0.05) is 24.9 Å². The first-order valence-corrected chi connectivity index (χ1v) is 10.3. The number of benzene rings is 1. The number of rotatable bonds is 7. The third-order valence-corrected chi connectivity index (χ3v) is 5.84. The first-order valence-electron chi connectivity index (χ1n) is 8.83. The van der Waals surface area contributed by atoms with Crippen molar-refractivity contribution in [3.8, 4) is 0 Å². The first kappa shape index (κ1) is 21.8. The third-order valence-electron chi connectivity index (χ3n) is 3.93. The molecule has 1 aromatic rings. The van der Waals surface area contributed by atoms with Crippen LogP contribution in [0.3, 0.4) is 0 Å². The number of sulfonamides is 1. The molecule has 0 aromatic heterocycles. The van der Waals surface area contributed by atoms with E-state index < -0.39 is 28.0 Å². The van der Waals surface area contributed by atoms with Gasteiger partial charge in [-0.2, -0.15) is 4.31 Å². The molecule has 8 nitrogen and oxygen atoms in total. The molecule has 0 aliphatic carbocycles. The minimum absolute atomic E-state index is 0.140. The monoisotopic (exact) mass is 408 g/mol. The molecule has 0 unspecified atom stereocenters. The highest BCUT2D eigenvalue weighted by Gasteiger charge is 2.26. The van der Waals surface area contributed by atoms with Crippen molar-refractivity contribution in [1.29, 1.82) is 0 Å². The smallest absolute Gasteiger partial charge is 0.331 e. The van der Waals surface area contributed by atoms with E-state index in [2.05, 4.69) is 5.32 Å². The summed E-state index contributed by atoms with van der Waals surface area (Å²) in [5.41, 5.74) is 0.401. The van der Waals surface area contributed by atoms with Gasteiger partial charge >= 0.3 is 5.97 Å². The van der Waals surface area contributed by atoms with Crippen molar-refractivity contribution < 1.29 is 27.5 Å². The number of hydrogen-bond acceptors (Lipinski definition) is 6. The van der Waals surface area contributed by atoms with E-state index in [-0.39, 0.29) is 4.90 Å². The highest BCUT2D eigenvalue weighted by atomic mass is 32.2. The summed E-state index contributed by atoms with van der Waals surface area (Å²) in [6.45, 7) is 4.62. The molecular weight excluding hydrogens is 384 g/mol. The first-order chi connectivity index (χ1) is 13.3. The molecule has 1 amide bonds. The number of esters is 1. The zero-order valence-electron chi connectivity index (χ0n) is 15.8. The van der Waals surface area contributed by atoms with Gasteiger partial charge in [-0.15, -0.1) is 0 Å². The lowest BCUT2D eigenvalue weighted by atomic mass is 10.3. The van der Waals surface area contributed by atoms with Crippen LogP contribution in [0.4, 0.5) is 5.69 Å². The van der Waals surface area contributed by atoms with E-state index >= 15 is 0 Å². The second-order valence-corrected chi connectivity index (χ2v) is 7.93. The number of ether oxygens (including phenoxy) is 2. The van der Waals surface area contributed by atoms with Crippen molar-refractivity contribution in [3.05, 3.63) is 48.6 Å². The van der Waals surface area contributed by atoms with E-state index in [9.17, 15) is 18.0 Å². The van der Waals surface area contributed by atoms with Crippen LogP contribution in [0.2, 0.25) is 0 Å². The van der Waals surface area contributed by atoms with Crippen molar-refractivity contribution in [2.75, 3.05) is 31.6 Å². The van der Waals surface area contributed by atoms with Crippen molar-refractivity contribution in [2.45, 2.75) is 24.8 Å². The summed E-state index contributed by atoms with van der Waals surface area (Å²) in [5, 5.41) is 2.59. The van der Waals surface area contributed by atoms with E-state index in [0.29, 0.717) is 32.0 Å². The largest absolute Gasteiger partial charge is 0.449 e. The standard InChI is InChI=1S/C19H24N2O6S/c1-3-4-5-6-18(22)27-15(2)19(23)20-16-7-9-17(10-8-16)28(24,25)21-11-13-26-14-12-21/h3-10,15H,11-14H2,1-2H3,(H,20,23)/b4-3+,6-5+/t15-/m1/s1. The van der Waals surface area contributed by atoms with Gasteiger partial charge in [0.15, 0.2) is 6.10 Å². The van der Waals surface area contributed by atoms with Crippen LogP contribution in [-0.2, 0) is 29.1 Å². The Morgan fingerprint density at radius 2 is 1.82 bits per heavy atom. The minimum atomic E-state index is -3.59. The predicted octanol–water partition coefficient (Wildman–Crippen LogP) is 1.71. The van der Waals surface area contributed by atoms with Crippen LogP contribution in [0.5, 0.6) is 0 Å². The molecule has 1 fully saturated rings. The number of nitrogens with one attached hydrogen (secondary N) is 1. The van der Waals surface area contributed by atoms with Gasteiger partial charge in [-0.1, -0.05) is 18.2 Å². The summed E-state index contributed by atoms with van der Waals surface area (Å²) in [4.78, 5) is 23.9. The lowest BCUT2D eigenvalue weighted by Gasteiger charge is -2.26. The summed E-state index contributed by atoms with van der Waals surface area (Å²) in [6, 6.07) is 5.84. The highest BCUT2D eigenvalue weighted by Crippen LogP contribution is 2.19. The number of allylic oxidation sites excluding steroid dienone is 3. The zero-order chi connectivity index (χ0) is 20.6. The number of hydrogen-bond donors (Lipinski definition) is 1. The third kappa shape index (κ3) is 6.01. The van der Waals surface area contributed by atoms with Crippen LogP contribution < -0.4 is 5.32 Å². The molecule has 28 heavy (non-hydrogen) atoms. The maximum atomic E-state index is 12.6. The van der Waals surface area contributed by atoms with Crippen molar-refractivity contribution >= 4 is 27.6 Å². The molecule has 1 heterocycles. The van der Waals surface area contributed by atoms with Gasteiger partial charge < -0.3 is 14.8 Å². The van der Waals surface area contributed by atoms with Crippen molar-refractivity contribution in [1.82, 2.24) is 4.31 Å². The Kier molecular flexibility index (Phi) is 7.91. The number of nitrogens with zero attached hydrogens (tertiary/aromatic N) is 1. The average molecular weight is 408 g/mol. The maximum Gasteiger partial charge on any atom is 0.331 e. The molecule has 152 valence electrons. The molecule has 1 aliphatic heterocycles. The van der Waals surface area contributed by atoms with Gasteiger partial charge in [-0.05, 0) is 38.1 Å². The summed E-state index contributed by atoms with van der Waals surface area (Å²) in [7, 11) is -3.59. The molecule has 1 aromatic carbocycles. The van der Waals surface area contributed by atoms with Crippen LogP contribution in [-0.4, -0.2) is 57.0 Å². The Hall–Kier alpha value is -2.49. The van der Waals surface area contributed by atoms with Gasteiger partial charge in [0.25, 0.3) is 5.91 Å². The molecule has 0 bridgehead atoms. The van der Waals surface area contributed by atoms with Gasteiger partial charge in [0.2, 0.25) is 10.0 Å². The Balaban J connectivity index is 1.96. The summed E-state index contributed by atoms with van der Waals surface area (Å²) < 4.78 is 36.7. The molecule has 1 N–H and O–H groups in total. The lowest BCUT2D eigenvalue weighted by molar-refractivity contribution is -0.148. The number of carbonyl (C=O) groups excluding carboxylic acids is 2. The van der Waals surface area contributed by atoms with Gasteiger partial charge in [0.1, 0.15) is 0 Å².